The molecule has 1 aromatic carbocycles. The molecule has 1 aromatic rings. The number of benzene rings is 1. The summed E-state index contributed by atoms with van der Waals surface area (Å²) in [4.78, 5) is 0. The van der Waals surface area contributed by atoms with Crippen molar-refractivity contribution in [2.24, 2.45) is 5.73 Å². The van der Waals surface area contributed by atoms with Gasteiger partial charge in [-0.1, -0.05) is 28.1 Å². The lowest BCUT2D eigenvalue weighted by Crippen LogP contribution is -2.36. The highest BCUT2D eigenvalue weighted by molar-refractivity contribution is 9.10. The molecule has 0 saturated heterocycles. The number of rotatable bonds is 6. The number of halogens is 1. The van der Waals surface area contributed by atoms with Crippen molar-refractivity contribution in [1.82, 2.24) is 5.32 Å². The van der Waals surface area contributed by atoms with Crippen LogP contribution in [0.4, 0.5) is 0 Å². The Morgan fingerprint density at radius 2 is 2.06 bits per heavy atom. The molecule has 0 amide bonds. The molecule has 3 nitrogen and oxygen atoms in total. The highest BCUT2D eigenvalue weighted by Crippen LogP contribution is 2.24. The molecule has 0 aliphatic carbocycles. The third kappa shape index (κ3) is 4.69. The van der Waals surface area contributed by atoms with Gasteiger partial charge in [-0.2, -0.15) is 0 Å². The van der Waals surface area contributed by atoms with Crippen molar-refractivity contribution in [2.75, 3.05) is 6.54 Å². The molecule has 0 spiro atoms. The normalized spacial score (nSPS) is 16.3. The number of hydrogen-bond acceptors (Lipinski definition) is 3. The Hall–Kier alpha value is -0.420. The maximum absolute atomic E-state index is 9.39. The number of aliphatic hydroxyl groups is 1. The van der Waals surface area contributed by atoms with Crippen molar-refractivity contribution in [2.45, 2.75) is 45.4 Å². The van der Waals surface area contributed by atoms with Crippen LogP contribution in [0.3, 0.4) is 0 Å². The Kier molecular flexibility index (Phi) is 6.29. The summed E-state index contributed by atoms with van der Waals surface area (Å²) in [5.74, 6) is 0. The van der Waals surface area contributed by atoms with E-state index in [1.165, 1.54) is 11.1 Å². The number of aliphatic hydroxyl groups excluding tert-OH is 1. The van der Waals surface area contributed by atoms with E-state index in [9.17, 15) is 5.11 Å². The summed E-state index contributed by atoms with van der Waals surface area (Å²) in [5.41, 5.74) is 8.23. The van der Waals surface area contributed by atoms with Gasteiger partial charge in [-0.25, -0.2) is 0 Å². The van der Waals surface area contributed by atoms with Crippen molar-refractivity contribution in [3.8, 4) is 0 Å². The minimum absolute atomic E-state index is 0.105. The largest absolute Gasteiger partial charge is 0.393 e. The lowest BCUT2D eigenvalue weighted by Gasteiger charge is -2.24. The van der Waals surface area contributed by atoms with Crippen LogP contribution in [0.15, 0.2) is 22.7 Å². The van der Waals surface area contributed by atoms with E-state index in [0.717, 1.165) is 10.9 Å². The van der Waals surface area contributed by atoms with E-state index in [0.29, 0.717) is 6.54 Å². The molecule has 0 aliphatic rings. The van der Waals surface area contributed by atoms with Crippen LogP contribution in [0.1, 0.15) is 37.4 Å². The van der Waals surface area contributed by atoms with Crippen LogP contribution in [0.5, 0.6) is 0 Å². The van der Waals surface area contributed by atoms with Crippen molar-refractivity contribution < 1.29 is 5.11 Å². The van der Waals surface area contributed by atoms with E-state index in [1.807, 2.05) is 0 Å². The van der Waals surface area contributed by atoms with Gasteiger partial charge in [0.2, 0.25) is 0 Å². The third-order valence-electron chi connectivity index (χ3n) is 2.95. The molecule has 4 N–H and O–H groups in total. The highest BCUT2D eigenvalue weighted by Gasteiger charge is 2.16. The van der Waals surface area contributed by atoms with Gasteiger partial charge in [-0.3, -0.25) is 0 Å². The van der Waals surface area contributed by atoms with Crippen molar-refractivity contribution >= 4 is 15.9 Å². The molecule has 0 heterocycles. The molecule has 0 aromatic heterocycles. The minimum Gasteiger partial charge on any atom is -0.393 e. The van der Waals surface area contributed by atoms with Crippen LogP contribution in [0.25, 0.3) is 0 Å². The van der Waals surface area contributed by atoms with Gasteiger partial charge in [0.05, 0.1) is 6.10 Å². The lowest BCUT2D eigenvalue weighted by molar-refractivity contribution is 0.168. The summed E-state index contributed by atoms with van der Waals surface area (Å²) in [5, 5.41) is 12.8. The van der Waals surface area contributed by atoms with Crippen molar-refractivity contribution in [3.05, 3.63) is 33.8 Å². The highest BCUT2D eigenvalue weighted by atomic mass is 79.9. The van der Waals surface area contributed by atoms with E-state index in [-0.39, 0.29) is 18.2 Å². The summed E-state index contributed by atoms with van der Waals surface area (Å²) in [6.45, 7) is 6.47. The zero-order valence-corrected chi connectivity index (χ0v) is 12.9. The minimum atomic E-state index is -0.299. The number of aryl methyl sites for hydroxylation is 1. The summed E-state index contributed by atoms with van der Waals surface area (Å²) in [6.07, 6.45) is 0.423. The second-order valence-corrected chi connectivity index (χ2v) is 5.82. The maximum atomic E-state index is 9.39. The molecule has 0 fully saturated rings. The van der Waals surface area contributed by atoms with Gasteiger partial charge in [0, 0.05) is 23.1 Å². The first-order chi connectivity index (χ1) is 8.43. The zero-order valence-electron chi connectivity index (χ0n) is 11.3. The van der Waals surface area contributed by atoms with Gasteiger partial charge in [-0.05, 0) is 44.4 Å². The predicted molar refractivity (Wildman–Crippen MR) is 79.6 cm³/mol. The zero-order chi connectivity index (χ0) is 13.7. The Bertz CT molecular complexity index is 382. The van der Waals surface area contributed by atoms with Crippen molar-refractivity contribution in [3.63, 3.8) is 0 Å². The number of nitrogens with two attached hydrogens (primary N) is 1. The van der Waals surface area contributed by atoms with E-state index in [1.54, 1.807) is 6.92 Å². The van der Waals surface area contributed by atoms with E-state index >= 15 is 0 Å². The Balaban J connectivity index is 2.76. The fraction of sp³-hybridized carbons (Fsp3) is 0.571. The van der Waals surface area contributed by atoms with Gasteiger partial charge in [0.25, 0.3) is 0 Å². The molecule has 4 heteroatoms. The summed E-state index contributed by atoms with van der Waals surface area (Å²) < 4.78 is 1.08. The molecule has 102 valence electrons. The summed E-state index contributed by atoms with van der Waals surface area (Å²) in [6, 6.07) is 6.61. The summed E-state index contributed by atoms with van der Waals surface area (Å²) >= 11 is 3.58. The molecule has 0 radical (unpaired) electrons. The second-order valence-electron chi connectivity index (χ2n) is 4.97. The Morgan fingerprint density at radius 1 is 1.39 bits per heavy atom. The van der Waals surface area contributed by atoms with Crippen LogP contribution in [-0.2, 0) is 0 Å². The van der Waals surface area contributed by atoms with E-state index in [2.05, 4.69) is 53.3 Å². The molecule has 0 saturated carbocycles. The average Bonchev–Trinajstić information content (AvgIpc) is 2.25. The first-order valence-corrected chi connectivity index (χ1v) is 7.13. The van der Waals surface area contributed by atoms with E-state index < -0.39 is 0 Å². The molecule has 0 bridgehead atoms. The average molecular weight is 315 g/mol. The van der Waals surface area contributed by atoms with Gasteiger partial charge in [0.15, 0.2) is 0 Å². The Labute approximate surface area is 118 Å². The van der Waals surface area contributed by atoms with Crippen molar-refractivity contribution in [1.29, 1.82) is 0 Å². The molecule has 1 rings (SSSR count). The fourth-order valence-electron chi connectivity index (χ4n) is 2.12. The monoisotopic (exact) mass is 314 g/mol. The van der Waals surface area contributed by atoms with Gasteiger partial charge in [-0.15, -0.1) is 0 Å². The molecular formula is C14H23BrN2O. The smallest absolute Gasteiger partial charge is 0.0526 e. The van der Waals surface area contributed by atoms with Crippen LogP contribution in [-0.4, -0.2) is 23.8 Å². The standard InChI is InChI=1S/C14H23BrN2O/c1-9-4-5-12(13(15)6-9)14(8-16)17-10(2)7-11(3)18/h4-6,10-11,14,17-18H,7-8,16H2,1-3H3. The predicted octanol–water partition coefficient (Wildman–Crippen LogP) is 2.51. The molecule has 3 unspecified atom stereocenters. The number of nitrogens with one attached hydrogen (secondary N) is 1. The van der Waals surface area contributed by atoms with Crippen LogP contribution in [0.2, 0.25) is 0 Å². The molecule has 0 aliphatic heterocycles. The quantitative estimate of drug-likeness (QED) is 0.756. The van der Waals surface area contributed by atoms with Crippen LogP contribution in [0, 0.1) is 6.92 Å². The second kappa shape index (κ2) is 7.24. The fourth-order valence-corrected chi connectivity index (χ4v) is 2.89. The summed E-state index contributed by atoms with van der Waals surface area (Å²) in [7, 11) is 0. The molecule has 3 atom stereocenters. The number of hydrogen-bond donors (Lipinski definition) is 3. The first kappa shape index (κ1) is 15.6. The topological polar surface area (TPSA) is 58.3 Å². The van der Waals surface area contributed by atoms with E-state index in [4.69, 9.17) is 5.73 Å². The third-order valence-corrected chi connectivity index (χ3v) is 3.63. The van der Waals surface area contributed by atoms with Crippen LogP contribution >= 0.6 is 15.9 Å². The molecular weight excluding hydrogens is 292 g/mol. The Morgan fingerprint density at radius 3 is 2.56 bits per heavy atom. The first-order valence-electron chi connectivity index (χ1n) is 6.34. The SMILES string of the molecule is Cc1ccc(C(CN)NC(C)CC(C)O)c(Br)c1. The molecule has 18 heavy (non-hydrogen) atoms. The van der Waals surface area contributed by atoms with Gasteiger partial charge < -0.3 is 16.2 Å². The van der Waals surface area contributed by atoms with Gasteiger partial charge >= 0.3 is 0 Å². The van der Waals surface area contributed by atoms with Crippen LogP contribution < -0.4 is 11.1 Å². The van der Waals surface area contributed by atoms with Gasteiger partial charge in [0.1, 0.15) is 0 Å². The maximum Gasteiger partial charge on any atom is 0.0526 e. The lowest BCUT2D eigenvalue weighted by atomic mass is 10.0.